The standard InChI is InChI=1S/C24H25N3O2/c25-22-16-21(19-8-4-9-19)24(26-27(22)15-5-10-23(28)29)20-13-11-18(12-14-20)17-6-2-1-3-7-17/h1-3,6-7,11-14,16,19,25H,4-5,8-10,15H2,(H,28,29). The Labute approximate surface area is 170 Å². The van der Waals surface area contributed by atoms with E-state index >= 15 is 0 Å². The number of hydrogen-bond donors (Lipinski definition) is 2. The third-order valence-electron chi connectivity index (χ3n) is 5.64. The van der Waals surface area contributed by atoms with Crippen LogP contribution in [0.15, 0.2) is 60.7 Å². The Bertz CT molecular complexity index is 1050. The number of nitrogens with zero attached hydrogens (tertiary/aromatic N) is 2. The van der Waals surface area contributed by atoms with Crippen LogP contribution in [0, 0.1) is 5.41 Å². The maximum atomic E-state index is 10.8. The number of carbonyl (C=O) groups is 1. The molecule has 0 radical (unpaired) electrons. The van der Waals surface area contributed by atoms with Crippen LogP contribution in [0.1, 0.15) is 43.6 Å². The highest BCUT2D eigenvalue weighted by Crippen LogP contribution is 2.40. The molecule has 0 bridgehead atoms. The Morgan fingerprint density at radius 2 is 1.69 bits per heavy atom. The fraction of sp³-hybridized carbons (Fsp3) is 0.292. The molecule has 5 nitrogen and oxygen atoms in total. The summed E-state index contributed by atoms with van der Waals surface area (Å²) in [6.45, 7) is 0.436. The Hall–Kier alpha value is -3.21. The summed E-state index contributed by atoms with van der Waals surface area (Å²) in [4.78, 5) is 10.8. The number of aliphatic carboxylic acids is 1. The Kier molecular flexibility index (Phi) is 5.56. The van der Waals surface area contributed by atoms with Crippen molar-refractivity contribution in [2.45, 2.75) is 44.6 Å². The molecule has 1 saturated carbocycles. The number of carboxylic acids is 1. The molecule has 0 unspecified atom stereocenters. The van der Waals surface area contributed by atoms with Crippen LogP contribution in [0.3, 0.4) is 0 Å². The first-order chi connectivity index (χ1) is 14.1. The second-order valence-corrected chi connectivity index (χ2v) is 7.63. The first-order valence-electron chi connectivity index (χ1n) is 10.2. The van der Waals surface area contributed by atoms with Crippen LogP contribution in [-0.4, -0.2) is 20.9 Å². The molecular formula is C24H25N3O2. The van der Waals surface area contributed by atoms with Crippen molar-refractivity contribution in [1.82, 2.24) is 9.78 Å². The molecule has 0 aliphatic heterocycles. The highest BCUT2D eigenvalue weighted by atomic mass is 16.4. The third-order valence-corrected chi connectivity index (χ3v) is 5.64. The Balaban J connectivity index is 1.68. The van der Waals surface area contributed by atoms with Gasteiger partial charge in [-0.1, -0.05) is 61.0 Å². The average molecular weight is 387 g/mol. The van der Waals surface area contributed by atoms with E-state index in [1.54, 1.807) is 4.68 Å². The number of nitrogens with one attached hydrogen (secondary N) is 1. The van der Waals surface area contributed by atoms with E-state index in [2.05, 4.69) is 36.4 Å². The van der Waals surface area contributed by atoms with Crippen molar-refractivity contribution in [1.29, 1.82) is 5.41 Å². The average Bonchev–Trinajstić information content (AvgIpc) is 2.69. The minimum Gasteiger partial charge on any atom is -0.481 e. The van der Waals surface area contributed by atoms with Gasteiger partial charge in [-0.2, -0.15) is 5.10 Å². The van der Waals surface area contributed by atoms with Gasteiger partial charge in [-0.15, -0.1) is 0 Å². The Morgan fingerprint density at radius 3 is 2.31 bits per heavy atom. The third kappa shape index (κ3) is 4.29. The lowest BCUT2D eigenvalue weighted by molar-refractivity contribution is -0.137. The molecular weight excluding hydrogens is 362 g/mol. The summed E-state index contributed by atoms with van der Waals surface area (Å²) in [6, 6.07) is 20.6. The molecule has 29 heavy (non-hydrogen) atoms. The zero-order valence-electron chi connectivity index (χ0n) is 16.3. The van der Waals surface area contributed by atoms with Crippen molar-refractivity contribution in [2.24, 2.45) is 0 Å². The lowest BCUT2D eigenvalue weighted by Gasteiger charge is -2.28. The second kappa shape index (κ2) is 8.43. The van der Waals surface area contributed by atoms with Gasteiger partial charge in [0.05, 0.1) is 5.69 Å². The van der Waals surface area contributed by atoms with E-state index in [4.69, 9.17) is 15.6 Å². The van der Waals surface area contributed by atoms with Gasteiger partial charge in [0.2, 0.25) is 0 Å². The molecule has 0 amide bonds. The van der Waals surface area contributed by atoms with Gasteiger partial charge in [0.25, 0.3) is 0 Å². The van der Waals surface area contributed by atoms with Gasteiger partial charge in [-0.3, -0.25) is 10.2 Å². The van der Waals surface area contributed by atoms with Gasteiger partial charge in [0.1, 0.15) is 5.49 Å². The summed E-state index contributed by atoms with van der Waals surface area (Å²) in [7, 11) is 0. The predicted molar refractivity (Wildman–Crippen MR) is 112 cm³/mol. The van der Waals surface area contributed by atoms with Crippen molar-refractivity contribution in [3.63, 3.8) is 0 Å². The van der Waals surface area contributed by atoms with E-state index in [-0.39, 0.29) is 6.42 Å². The summed E-state index contributed by atoms with van der Waals surface area (Å²) in [5, 5.41) is 22.0. The van der Waals surface area contributed by atoms with Crippen molar-refractivity contribution >= 4 is 5.97 Å². The van der Waals surface area contributed by atoms with Gasteiger partial charge >= 0.3 is 5.97 Å². The largest absolute Gasteiger partial charge is 0.481 e. The van der Waals surface area contributed by atoms with Crippen LogP contribution in [0.4, 0.5) is 0 Å². The number of aryl methyl sites for hydroxylation is 1. The van der Waals surface area contributed by atoms with E-state index in [9.17, 15) is 4.79 Å². The number of carboxylic acid groups (broad SMARTS) is 1. The topological polar surface area (TPSA) is 79.0 Å². The van der Waals surface area contributed by atoms with Gasteiger partial charge in [0, 0.05) is 18.5 Å². The van der Waals surface area contributed by atoms with Gasteiger partial charge in [-0.05, 0) is 47.9 Å². The number of benzene rings is 2. The molecule has 1 aliphatic carbocycles. The first-order valence-corrected chi connectivity index (χ1v) is 10.2. The van der Waals surface area contributed by atoms with Crippen LogP contribution in [0.5, 0.6) is 0 Å². The summed E-state index contributed by atoms with van der Waals surface area (Å²) in [6.07, 6.45) is 4.05. The zero-order valence-corrected chi connectivity index (χ0v) is 16.3. The fourth-order valence-corrected chi connectivity index (χ4v) is 3.78. The van der Waals surface area contributed by atoms with Crippen LogP contribution in [0.2, 0.25) is 0 Å². The molecule has 1 aliphatic rings. The first kappa shape index (κ1) is 19.1. The van der Waals surface area contributed by atoms with Crippen LogP contribution in [-0.2, 0) is 11.3 Å². The van der Waals surface area contributed by atoms with E-state index in [1.807, 2.05) is 24.3 Å². The quantitative estimate of drug-likeness (QED) is 0.609. The highest BCUT2D eigenvalue weighted by molar-refractivity contribution is 5.70. The van der Waals surface area contributed by atoms with Crippen LogP contribution >= 0.6 is 0 Å². The minimum atomic E-state index is -0.819. The summed E-state index contributed by atoms with van der Waals surface area (Å²) in [5.74, 6) is -0.357. The summed E-state index contributed by atoms with van der Waals surface area (Å²) >= 11 is 0. The van der Waals surface area contributed by atoms with Crippen molar-refractivity contribution in [2.75, 3.05) is 0 Å². The molecule has 1 fully saturated rings. The molecule has 2 aromatic carbocycles. The zero-order chi connectivity index (χ0) is 20.2. The van der Waals surface area contributed by atoms with Crippen LogP contribution in [0.25, 0.3) is 22.4 Å². The molecule has 148 valence electrons. The van der Waals surface area contributed by atoms with Crippen molar-refractivity contribution < 1.29 is 9.90 Å². The maximum Gasteiger partial charge on any atom is 0.303 e. The van der Waals surface area contributed by atoms with Crippen molar-refractivity contribution in [3.05, 3.63) is 71.7 Å². The molecule has 0 spiro atoms. The molecule has 3 aromatic rings. The van der Waals surface area contributed by atoms with E-state index in [1.165, 1.54) is 12.0 Å². The van der Waals surface area contributed by atoms with Gasteiger partial charge in [-0.25, -0.2) is 4.68 Å². The molecule has 0 saturated heterocycles. The predicted octanol–water partition coefficient (Wildman–Crippen LogP) is 4.83. The van der Waals surface area contributed by atoms with Crippen LogP contribution < -0.4 is 5.49 Å². The minimum absolute atomic E-state index is 0.0829. The second-order valence-electron chi connectivity index (χ2n) is 7.63. The lowest BCUT2D eigenvalue weighted by Crippen LogP contribution is -2.26. The summed E-state index contributed by atoms with van der Waals surface area (Å²) < 4.78 is 1.63. The molecule has 4 rings (SSSR count). The number of aromatic nitrogens is 2. The normalized spacial score (nSPS) is 13.8. The Morgan fingerprint density at radius 1 is 1.03 bits per heavy atom. The smallest absolute Gasteiger partial charge is 0.303 e. The highest BCUT2D eigenvalue weighted by Gasteiger charge is 2.24. The van der Waals surface area contributed by atoms with E-state index < -0.39 is 5.97 Å². The fourth-order valence-electron chi connectivity index (χ4n) is 3.78. The maximum absolute atomic E-state index is 10.8. The van der Waals surface area contributed by atoms with Gasteiger partial charge in [0.15, 0.2) is 0 Å². The number of hydrogen-bond acceptors (Lipinski definition) is 3. The summed E-state index contributed by atoms with van der Waals surface area (Å²) in [5.41, 5.74) is 5.78. The monoisotopic (exact) mass is 387 g/mol. The molecule has 2 N–H and O–H groups in total. The molecule has 1 aromatic heterocycles. The van der Waals surface area contributed by atoms with E-state index in [0.29, 0.717) is 24.4 Å². The molecule has 0 atom stereocenters. The van der Waals surface area contributed by atoms with Gasteiger partial charge < -0.3 is 5.11 Å². The molecule has 5 heteroatoms. The lowest BCUT2D eigenvalue weighted by atomic mass is 9.78. The van der Waals surface area contributed by atoms with E-state index in [0.717, 1.165) is 35.2 Å². The SMILES string of the molecule is N=c1cc(C2CCC2)c(-c2ccc(-c3ccccc3)cc2)nn1CCCC(=O)O. The molecule has 1 heterocycles. The number of rotatable bonds is 7. The van der Waals surface area contributed by atoms with Crippen molar-refractivity contribution in [3.8, 4) is 22.4 Å².